The molecule has 0 aliphatic rings. The smallest absolute Gasteiger partial charge is 0.0369 e. The van der Waals surface area contributed by atoms with Crippen LogP contribution < -0.4 is 10.6 Å². The molecule has 16 heavy (non-hydrogen) atoms. The first-order valence-corrected chi connectivity index (χ1v) is 6.35. The van der Waals surface area contributed by atoms with Crippen LogP contribution in [-0.4, -0.2) is 13.1 Å². The summed E-state index contributed by atoms with van der Waals surface area (Å²) in [6.07, 6.45) is 3.69. The Morgan fingerprint density at radius 2 is 1.94 bits per heavy atom. The predicted octanol–water partition coefficient (Wildman–Crippen LogP) is 3.16. The Hall–Kier alpha value is -1.02. The molecule has 1 rings (SSSR count). The van der Waals surface area contributed by atoms with Gasteiger partial charge in [-0.2, -0.15) is 0 Å². The lowest BCUT2D eigenvalue weighted by Crippen LogP contribution is -2.25. The fourth-order valence-electron chi connectivity index (χ4n) is 1.87. The van der Waals surface area contributed by atoms with Gasteiger partial charge in [0, 0.05) is 25.3 Å². The summed E-state index contributed by atoms with van der Waals surface area (Å²) >= 11 is 0. The fraction of sp³-hybridized carbons (Fsp3) is 0.571. The molecule has 2 heteroatoms. The average Bonchev–Trinajstić information content (AvgIpc) is 2.34. The molecule has 2 nitrogen and oxygen atoms in total. The quantitative estimate of drug-likeness (QED) is 0.765. The lowest BCUT2D eigenvalue weighted by atomic mass is 10.1. The third-order valence-electron chi connectivity index (χ3n) is 2.79. The second-order valence-electron chi connectivity index (χ2n) is 4.21. The van der Waals surface area contributed by atoms with Crippen LogP contribution in [0.15, 0.2) is 24.3 Å². The molecule has 0 saturated carbocycles. The summed E-state index contributed by atoms with van der Waals surface area (Å²) in [6.45, 7) is 7.38. The van der Waals surface area contributed by atoms with Gasteiger partial charge in [0.25, 0.3) is 0 Å². The van der Waals surface area contributed by atoms with Crippen LogP contribution in [0, 0.1) is 0 Å². The number of anilines is 1. The van der Waals surface area contributed by atoms with Crippen LogP contribution in [0.25, 0.3) is 0 Å². The van der Waals surface area contributed by atoms with Crippen molar-refractivity contribution in [1.29, 1.82) is 0 Å². The van der Waals surface area contributed by atoms with E-state index in [1.807, 2.05) is 0 Å². The molecule has 0 aliphatic carbocycles. The molecule has 90 valence electrons. The zero-order valence-electron chi connectivity index (χ0n) is 10.6. The van der Waals surface area contributed by atoms with Gasteiger partial charge in [-0.15, -0.1) is 0 Å². The van der Waals surface area contributed by atoms with E-state index in [-0.39, 0.29) is 0 Å². The van der Waals surface area contributed by atoms with E-state index >= 15 is 0 Å². The molecule has 0 aliphatic heterocycles. The summed E-state index contributed by atoms with van der Waals surface area (Å²) < 4.78 is 0. The van der Waals surface area contributed by atoms with E-state index in [4.69, 9.17) is 5.73 Å². The van der Waals surface area contributed by atoms with E-state index in [1.54, 1.807) is 0 Å². The average molecular weight is 220 g/mol. The van der Waals surface area contributed by atoms with E-state index < -0.39 is 0 Å². The molecule has 0 bridgehead atoms. The van der Waals surface area contributed by atoms with Crippen molar-refractivity contribution < 1.29 is 0 Å². The zero-order valence-corrected chi connectivity index (χ0v) is 10.6. The maximum Gasteiger partial charge on any atom is 0.0369 e. The Kier molecular flexibility index (Phi) is 5.94. The first-order valence-electron chi connectivity index (χ1n) is 6.35. The van der Waals surface area contributed by atoms with Crippen LogP contribution in [0.4, 0.5) is 5.69 Å². The monoisotopic (exact) mass is 220 g/mol. The zero-order chi connectivity index (χ0) is 11.8. The highest BCUT2D eigenvalue weighted by molar-refractivity contribution is 5.48. The standard InChI is InChI=1S/C14H24N2/c1-3-5-10-16(9-4-2)14-8-6-7-13(11-14)12-15/h6-8,11H,3-5,9-10,12,15H2,1-2H3. The van der Waals surface area contributed by atoms with E-state index in [0.717, 1.165) is 13.1 Å². The van der Waals surface area contributed by atoms with Gasteiger partial charge in [-0.3, -0.25) is 0 Å². The molecule has 0 saturated heterocycles. The lowest BCUT2D eigenvalue weighted by molar-refractivity contribution is 0.704. The fourth-order valence-corrected chi connectivity index (χ4v) is 1.87. The molecule has 0 atom stereocenters. The molecular weight excluding hydrogens is 196 g/mol. The minimum atomic E-state index is 0.627. The van der Waals surface area contributed by atoms with Crippen molar-refractivity contribution in [2.45, 2.75) is 39.7 Å². The number of hydrogen-bond donors (Lipinski definition) is 1. The van der Waals surface area contributed by atoms with Gasteiger partial charge in [0.15, 0.2) is 0 Å². The van der Waals surface area contributed by atoms with Crippen molar-refractivity contribution in [3.63, 3.8) is 0 Å². The van der Waals surface area contributed by atoms with Gasteiger partial charge in [-0.25, -0.2) is 0 Å². The van der Waals surface area contributed by atoms with Gasteiger partial charge in [0.2, 0.25) is 0 Å². The SMILES string of the molecule is CCCCN(CCC)c1cccc(CN)c1. The summed E-state index contributed by atoms with van der Waals surface area (Å²) in [4.78, 5) is 2.46. The summed E-state index contributed by atoms with van der Waals surface area (Å²) in [7, 11) is 0. The summed E-state index contributed by atoms with van der Waals surface area (Å²) in [5, 5.41) is 0. The van der Waals surface area contributed by atoms with Gasteiger partial charge in [-0.1, -0.05) is 32.4 Å². The molecule has 0 spiro atoms. The van der Waals surface area contributed by atoms with Crippen molar-refractivity contribution >= 4 is 5.69 Å². The van der Waals surface area contributed by atoms with Crippen molar-refractivity contribution in [2.75, 3.05) is 18.0 Å². The van der Waals surface area contributed by atoms with Crippen LogP contribution in [0.1, 0.15) is 38.7 Å². The predicted molar refractivity (Wildman–Crippen MR) is 71.7 cm³/mol. The van der Waals surface area contributed by atoms with Gasteiger partial charge >= 0.3 is 0 Å². The Bertz CT molecular complexity index is 297. The number of nitrogens with two attached hydrogens (primary N) is 1. The van der Waals surface area contributed by atoms with Crippen LogP contribution in [0.2, 0.25) is 0 Å². The summed E-state index contributed by atoms with van der Waals surface area (Å²) in [5.74, 6) is 0. The molecule has 1 aromatic carbocycles. The van der Waals surface area contributed by atoms with E-state index in [1.165, 1.54) is 30.5 Å². The molecule has 0 fully saturated rings. The maximum absolute atomic E-state index is 5.67. The largest absolute Gasteiger partial charge is 0.372 e. The van der Waals surface area contributed by atoms with Crippen molar-refractivity contribution in [3.05, 3.63) is 29.8 Å². The highest BCUT2D eigenvalue weighted by Crippen LogP contribution is 2.17. The van der Waals surface area contributed by atoms with Crippen LogP contribution in [-0.2, 0) is 6.54 Å². The molecule has 0 unspecified atom stereocenters. The summed E-state index contributed by atoms with van der Waals surface area (Å²) in [5.41, 5.74) is 8.21. The van der Waals surface area contributed by atoms with E-state index in [0.29, 0.717) is 6.54 Å². The highest BCUT2D eigenvalue weighted by atomic mass is 15.1. The molecule has 0 aromatic heterocycles. The van der Waals surface area contributed by atoms with Crippen molar-refractivity contribution in [2.24, 2.45) is 5.73 Å². The van der Waals surface area contributed by atoms with Gasteiger partial charge in [0.05, 0.1) is 0 Å². The number of nitrogens with zero attached hydrogens (tertiary/aromatic N) is 1. The van der Waals surface area contributed by atoms with E-state index in [2.05, 4.69) is 43.0 Å². The molecular formula is C14H24N2. The molecule has 0 amide bonds. The van der Waals surface area contributed by atoms with Gasteiger partial charge in [-0.05, 0) is 30.5 Å². The number of hydrogen-bond acceptors (Lipinski definition) is 2. The van der Waals surface area contributed by atoms with Crippen LogP contribution in [0.5, 0.6) is 0 Å². The topological polar surface area (TPSA) is 29.3 Å². The molecule has 0 radical (unpaired) electrons. The minimum absolute atomic E-state index is 0.627. The van der Waals surface area contributed by atoms with E-state index in [9.17, 15) is 0 Å². The molecule has 1 aromatic rings. The first-order chi connectivity index (χ1) is 7.81. The Balaban J connectivity index is 2.73. The Morgan fingerprint density at radius 3 is 2.56 bits per heavy atom. The second kappa shape index (κ2) is 7.29. The Labute approximate surface area is 99.5 Å². The third-order valence-corrected chi connectivity index (χ3v) is 2.79. The third kappa shape index (κ3) is 3.86. The number of unbranched alkanes of at least 4 members (excludes halogenated alkanes) is 1. The summed E-state index contributed by atoms with van der Waals surface area (Å²) in [6, 6.07) is 8.59. The molecule has 2 N–H and O–H groups in total. The van der Waals surface area contributed by atoms with Crippen molar-refractivity contribution in [3.8, 4) is 0 Å². The molecule has 0 heterocycles. The number of benzene rings is 1. The van der Waals surface area contributed by atoms with Gasteiger partial charge in [0.1, 0.15) is 0 Å². The van der Waals surface area contributed by atoms with Crippen LogP contribution >= 0.6 is 0 Å². The maximum atomic E-state index is 5.67. The second-order valence-corrected chi connectivity index (χ2v) is 4.21. The normalized spacial score (nSPS) is 10.4. The highest BCUT2D eigenvalue weighted by Gasteiger charge is 2.04. The number of rotatable bonds is 7. The van der Waals surface area contributed by atoms with Gasteiger partial charge < -0.3 is 10.6 Å². The minimum Gasteiger partial charge on any atom is -0.372 e. The Morgan fingerprint density at radius 1 is 1.12 bits per heavy atom. The lowest BCUT2D eigenvalue weighted by Gasteiger charge is -2.24. The first kappa shape index (κ1) is 13.0. The van der Waals surface area contributed by atoms with Crippen LogP contribution in [0.3, 0.4) is 0 Å². The van der Waals surface area contributed by atoms with Crippen molar-refractivity contribution in [1.82, 2.24) is 0 Å².